The molecule has 88 valence electrons. The van der Waals surface area contributed by atoms with Crippen LogP contribution < -0.4 is 11.5 Å². The maximum absolute atomic E-state index is 11.7. The largest absolute Gasteiger partial charge is 0.370 e. The highest BCUT2D eigenvalue weighted by Crippen LogP contribution is 2.05. The van der Waals surface area contributed by atoms with Crippen molar-refractivity contribution in [1.82, 2.24) is 9.88 Å². The van der Waals surface area contributed by atoms with E-state index in [-0.39, 0.29) is 12.3 Å². The minimum atomic E-state index is -0.874. The molecule has 1 rings (SSSR count). The molecule has 16 heavy (non-hydrogen) atoms. The highest BCUT2D eigenvalue weighted by Gasteiger charge is 2.20. The fourth-order valence-corrected chi connectivity index (χ4v) is 1.77. The van der Waals surface area contributed by atoms with Gasteiger partial charge in [-0.2, -0.15) is 0 Å². The van der Waals surface area contributed by atoms with Crippen molar-refractivity contribution in [3.63, 3.8) is 0 Å². The third-order valence-corrected chi connectivity index (χ3v) is 2.63. The highest BCUT2D eigenvalue weighted by molar-refractivity contribution is 7.07. The Kier molecular flexibility index (Phi) is 4.39. The molecule has 1 aromatic heterocycles. The van der Waals surface area contributed by atoms with Crippen LogP contribution in [-0.2, 0) is 16.1 Å². The first-order chi connectivity index (χ1) is 7.50. The number of primary amides is 1. The molecule has 0 aliphatic rings. The van der Waals surface area contributed by atoms with Gasteiger partial charge in [0.2, 0.25) is 11.8 Å². The molecule has 0 aromatic carbocycles. The maximum Gasteiger partial charge on any atom is 0.240 e. The average molecular weight is 242 g/mol. The number of carbonyl (C=O) groups excluding carboxylic acids is 2. The minimum absolute atomic E-state index is 0.139. The topological polar surface area (TPSA) is 102 Å². The SMILES string of the molecule is CN(Cc1cscn1)C(=O)C(N)CC(N)=O. The molecular weight excluding hydrogens is 228 g/mol. The summed E-state index contributed by atoms with van der Waals surface area (Å²) in [7, 11) is 1.61. The monoisotopic (exact) mass is 242 g/mol. The van der Waals surface area contributed by atoms with E-state index in [0.717, 1.165) is 5.69 Å². The van der Waals surface area contributed by atoms with E-state index in [2.05, 4.69) is 4.98 Å². The van der Waals surface area contributed by atoms with E-state index in [9.17, 15) is 9.59 Å². The molecule has 0 spiro atoms. The third kappa shape index (κ3) is 3.59. The summed E-state index contributed by atoms with van der Waals surface area (Å²) in [5.74, 6) is -0.894. The number of aromatic nitrogens is 1. The summed E-state index contributed by atoms with van der Waals surface area (Å²) in [6.45, 7) is 0.384. The molecule has 1 unspecified atom stereocenters. The molecule has 6 nitrogen and oxygen atoms in total. The maximum atomic E-state index is 11.7. The molecule has 7 heteroatoms. The summed E-state index contributed by atoms with van der Waals surface area (Å²) in [5.41, 5.74) is 13.0. The molecule has 0 radical (unpaired) electrons. The summed E-state index contributed by atoms with van der Waals surface area (Å²) >= 11 is 1.46. The van der Waals surface area contributed by atoms with Crippen molar-refractivity contribution in [2.24, 2.45) is 11.5 Å². The summed E-state index contributed by atoms with van der Waals surface area (Å²) in [4.78, 5) is 27.8. The number of hydrogen-bond acceptors (Lipinski definition) is 5. The molecular formula is C9H14N4O2S. The van der Waals surface area contributed by atoms with E-state index >= 15 is 0 Å². The van der Waals surface area contributed by atoms with Crippen LogP contribution in [0.2, 0.25) is 0 Å². The smallest absolute Gasteiger partial charge is 0.240 e. The van der Waals surface area contributed by atoms with Gasteiger partial charge in [0.05, 0.1) is 30.2 Å². The van der Waals surface area contributed by atoms with Gasteiger partial charge in [-0.1, -0.05) is 0 Å². The summed E-state index contributed by atoms with van der Waals surface area (Å²) in [6.07, 6.45) is -0.139. The molecule has 1 aromatic rings. The Morgan fingerprint density at radius 1 is 1.62 bits per heavy atom. The predicted octanol–water partition coefficient (Wildman–Crippen LogP) is -0.696. The van der Waals surface area contributed by atoms with Gasteiger partial charge in [0.25, 0.3) is 0 Å². The van der Waals surface area contributed by atoms with Crippen LogP contribution in [0, 0.1) is 0 Å². The van der Waals surface area contributed by atoms with E-state index in [1.807, 2.05) is 5.38 Å². The number of hydrogen-bond donors (Lipinski definition) is 2. The van der Waals surface area contributed by atoms with Crippen LogP contribution in [0.15, 0.2) is 10.9 Å². The fraction of sp³-hybridized carbons (Fsp3) is 0.444. The predicted molar refractivity (Wildman–Crippen MR) is 60.4 cm³/mol. The standard InChI is InChI=1S/C9H14N4O2S/c1-13(3-6-4-16-5-12-6)9(15)7(10)2-8(11)14/h4-5,7H,2-3,10H2,1H3,(H2,11,14). The number of likely N-dealkylation sites (N-methyl/N-ethyl adjacent to an activating group) is 1. The van der Waals surface area contributed by atoms with Crippen LogP contribution in [0.25, 0.3) is 0 Å². The second kappa shape index (κ2) is 5.57. The van der Waals surface area contributed by atoms with Crippen molar-refractivity contribution in [2.45, 2.75) is 19.0 Å². The zero-order valence-electron chi connectivity index (χ0n) is 8.92. The Bertz CT molecular complexity index is 366. The highest BCUT2D eigenvalue weighted by atomic mass is 32.1. The molecule has 0 saturated carbocycles. The zero-order chi connectivity index (χ0) is 12.1. The van der Waals surface area contributed by atoms with Gasteiger partial charge in [-0.15, -0.1) is 11.3 Å². The molecule has 2 amide bonds. The van der Waals surface area contributed by atoms with E-state index < -0.39 is 11.9 Å². The normalized spacial score (nSPS) is 12.1. The number of carbonyl (C=O) groups is 2. The zero-order valence-corrected chi connectivity index (χ0v) is 9.74. The van der Waals surface area contributed by atoms with Gasteiger partial charge in [-0.25, -0.2) is 4.98 Å². The van der Waals surface area contributed by atoms with Gasteiger partial charge in [0, 0.05) is 12.4 Å². The van der Waals surface area contributed by atoms with Crippen LogP contribution in [0.4, 0.5) is 0 Å². The Morgan fingerprint density at radius 2 is 2.31 bits per heavy atom. The molecule has 0 aliphatic carbocycles. The number of amides is 2. The van der Waals surface area contributed by atoms with Gasteiger partial charge in [-0.3, -0.25) is 9.59 Å². The number of thiazole rings is 1. The Hall–Kier alpha value is -1.47. The molecule has 0 saturated heterocycles. The van der Waals surface area contributed by atoms with Gasteiger partial charge >= 0.3 is 0 Å². The average Bonchev–Trinajstić information content (AvgIpc) is 2.68. The second-order valence-corrected chi connectivity index (χ2v) is 4.17. The minimum Gasteiger partial charge on any atom is -0.370 e. The van der Waals surface area contributed by atoms with Gasteiger partial charge in [0.15, 0.2) is 0 Å². The van der Waals surface area contributed by atoms with Crippen molar-refractivity contribution in [1.29, 1.82) is 0 Å². The van der Waals surface area contributed by atoms with Crippen LogP contribution >= 0.6 is 11.3 Å². The molecule has 0 aliphatic heterocycles. The van der Waals surface area contributed by atoms with Crippen molar-refractivity contribution in [3.8, 4) is 0 Å². The fourth-order valence-electron chi connectivity index (χ4n) is 1.22. The summed E-state index contributed by atoms with van der Waals surface area (Å²) in [6, 6.07) is -0.874. The molecule has 0 bridgehead atoms. The summed E-state index contributed by atoms with van der Waals surface area (Å²) < 4.78 is 0. The van der Waals surface area contributed by atoms with E-state index in [0.29, 0.717) is 6.54 Å². The van der Waals surface area contributed by atoms with Crippen molar-refractivity contribution in [2.75, 3.05) is 7.05 Å². The Labute approximate surface area is 97.2 Å². The molecule has 4 N–H and O–H groups in total. The number of rotatable bonds is 5. The van der Waals surface area contributed by atoms with Crippen molar-refractivity contribution < 1.29 is 9.59 Å². The van der Waals surface area contributed by atoms with Gasteiger partial charge in [0.1, 0.15) is 0 Å². The number of nitrogens with zero attached hydrogens (tertiary/aromatic N) is 2. The van der Waals surface area contributed by atoms with Crippen LogP contribution in [0.5, 0.6) is 0 Å². The molecule has 1 heterocycles. The van der Waals surface area contributed by atoms with Gasteiger partial charge < -0.3 is 16.4 Å². The van der Waals surface area contributed by atoms with Crippen LogP contribution in [0.3, 0.4) is 0 Å². The van der Waals surface area contributed by atoms with E-state index in [4.69, 9.17) is 11.5 Å². The Balaban J connectivity index is 2.50. The quantitative estimate of drug-likeness (QED) is 0.713. The Morgan fingerprint density at radius 3 is 2.81 bits per heavy atom. The lowest BCUT2D eigenvalue weighted by Gasteiger charge is -2.19. The van der Waals surface area contributed by atoms with Crippen molar-refractivity contribution >= 4 is 23.2 Å². The lowest BCUT2D eigenvalue weighted by molar-refractivity contribution is -0.134. The van der Waals surface area contributed by atoms with Gasteiger partial charge in [-0.05, 0) is 0 Å². The first-order valence-corrected chi connectivity index (χ1v) is 5.61. The second-order valence-electron chi connectivity index (χ2n) is 3.45. The van der Waals surface area contributed by atoms with Crippen LogP contribution in [0.1, 0.15) is 12.1 Å². The van der Waals surface area contributed by atoms with E-state index in [1.165, 1.54) is 16.2 Å². The van der Waals surface area contributed by atoms with Crippen LogP contribution in [-0.4, -0.2) is 34.8 Å². The lowest BCUT2D eigenvalue weighted by Crippen LogP contribution is -2.43. The molecule has 0 fully saturated rings. The first kappa shape index (κ1) is 12.6. The van der Waals surface area contributed by atoms with E-state index in [1.54, 1.807) is 12.6 Å². The number of nitrogens with two attached hydrogens (primary N) is 2. The van der Waals surface area contributed by atoms with Crippen molar-refractivity contribution in [3.05, 3.63) is 16.6 Å². The third-order valence-electron chi connectivity index (χ3n) is 2.00. The first-order valence-electron chi connectivity index (χ1n) is 4.66. The lowest BCUT2D eigenvalue weighted by atomic mass is 10.2. The summed E-state index contributed by atoms with van der Waals surface area (Å²) in [5, 5.41) is 1.85. The molecule has 1 atom stereocenters.